The summed E-state index contributed by atoms with van der Waals surface area (Å²) in [5, 5.41) is -0.307. The molecule has 1 aromatic rings. The number of benzene rings is 1. The molecule has 4 rings (SSSR count). The zero-order chi connectivity index (χ0) is 14.0. The van der Waals surface area contributed by atoms with Crippen LogP contribution in [-0.2, 0) is 21.3 Å². The fourth-order valence-electron chi connectivity index (χ4n) is 4.05. The van der Waals surface area contributed by atoms with Gasteiger partial charge in [0.1, 0.15) is 10.9 Å². The van der Waals surface area contributed by atoms with Gasteiger partial charge in [0.2, 0.25) is 10.0 Å². The van der Waals surface area contributed by atoms with E-state index in [1.54, 1.807) is 4.31 Å². The lowest BCUT2D eigenvalue weighted by Crippen LogP contribution is -2.38. The number of rotatable bonds is 2. The normalized spacial score (nSPS) is 38.2. The Balaban J connectivity index is 1.64. The minimum absolute atomic E-state index is 0.177. The molecule has 0 unspecified atom stereocenters. The molecule has 3 atom stereocenters. The van der Waals surface area contributed by atoms with Crippen molar-refractivity contribution in [1.29, 1.82) is 0 Å². The highest BCUT2D eigenvalue weighted by molar-refractivity contribution is 7.90. The summed E-state index contributed by atoms with van der Waals surface area (Å²) < 4.78 is 33.0. The highest BCUT2D eigenvalue weighted by Crippen LogP contribution is 2.52. The number of hydrogen-bond acceptors (Lipinski definition) is 3. The zero-order valence-electron chi connectivity index (χ0n) is 11.6. The monoisotopic (exact) mass is 293 g/mol. The van der Waals surface area contributed by atoms with Crippen molar-refractivity contribution in [3.05, 3.63) is 35.4 Å². The van der Waals surface area contributed by atoms with Crippen LogP contribution < -0.4 is 0 Å². The Kier molecular flexibility index (Phi) is 2.60. The van der Waals surface area contributed by atoms with E-state index >= 15 is 0 Å². The molecule has 4 nitrogen and oxygen atoms in total. The van der Waals surface area contributed by atoms with E-state index in [9.17, 15) is 8.42 Å². The Morgan fingerprint density at radius 1 is 1.45 bits per heavy atom. The number of aryl methyl sites for hydroxylation is 1. The molecule has 0 radical (unpaired) electrons. The third-order valence-electron chi connectivity index (χ3n) is 4.96. The van der Waals surface area contributed by atoms with Crippen molar-refractivity contribution in [2.75, 3.05) is 6.54 Å². The van der Waals surface area contributed by atoms with E-state index in [4.69, 9.17) is 4.74 Å². The maximum atomic E-state index is 12.7. The predicted molar refractivity (Wildman–Crippen MR) is 75.8 cm³/mol. The molecular weight excluding hydrogens is 274 g/mol. The summed E-state index contributed by atoms with van der Waals surface area (Å²) in [5.74, 6) is 0. The first-order valence-corrected chi connectivity index (χ1v) is 8.72. The molecule has 0 N–H and O–H groups in total. The molecule has 1 aromatic carbocycles. The van der Waals surface area contributed by atoms with Crippen molar-refractivity contribution >= 4 is 10.0 Å². The van der Waals surface area contributed by atoms with Crippen LogP contribution in [-0.4, -0.2) is 36.2 Å². The van der Waals surface area contributed by atoms with Crippen LogP contribution in [0.3, 0.4) is 0 Å². The summed E-state index contributed by atoms with van der Waals surface area (Å²) in [7, 11) is -3.21. The molecule has 3 aliphatic heterocycles. The van der Waals surface area contributed by atoms with Crippen molar-refractivity contribution in [2.45, 2.75) is 49.7 Å². The van der Waals surface area contributed by atoms with Gasteiger partial charge in [-0.25, -0.2) is 8.42 Å². The van der Waals surface area contributed by atoms with Crippen LogP contribution >= 0.6 is 0 Å². The van der Waals surface area contributed by atoms with Gasteiger partial charge in [-0.1, -0.05) is 29.8 Å². The molecular formula is C15H19NO3S. The number of hydrogen-bond donors (Lipinski definition) is 0. The van der Waals surface area contributed by atoms with E-state index in [1.807, 2.05) is 25.1 Å². The number of fused-ring (bicyclic) bond motifs is 1. The molecule has 3 saturated heterocycles. The van der Waals surface area contributed by atoms with Gasteiger partial charge in [0.25, 0.3) is 0 Å². The van der Waals surface area contributed by atoms with Crippen LogP contribution in [0.2, 0.25) is 0 Å². The van der Waals surface area contributed by atoms with Crippen LogP contribution in [0, 0.1) is 6.92 Å². The predicted octanol–water partition coefficient (Wildman–Crippen LogP) is 1.83. The van der Waals surface area contributed by atoms with Crippen molar-refractivity contribution in [2.24, 2.45) is 0 Å². The lowest BCUT2D eigenvalue weighted by molar-refractivity contribution is 0.0119. The van der Waals surface area contributed by atoms with Crippen LogP contribution in [0.5, 0.6) is 0 Å². The van der Waals surface area contributed by atoms with Crippen LogP contribution in [0.1, 0.15) is 30.4 Å². The SMILES string of the molecule is Cc1cccc(CN2C[C@@]34CC[C@@H](C[C@@H]3S2(=O)=O)O4)c1. The maximum absolute atomic E-state index is 12.7. The van der Waals surface area contributed by atoms with E-state index in [1.165, 1.54) is 0 Å². The Hall–Kier alpha value is -0.910. The molecule has 0 saturated carbocycles. The van der Waals surface area contributed by atoms with Gasteiger partial charge in [0.05, 0.1) is 6.10 Å². The summed E-state index contributed by atoms with van der Waals surface area (Å²) in [6.45, 7) is 3.03. The van der Waals surface area contributed by atoms with E-state index in [0.29, 0.717) is 19.5 Å². The molecule has 3 fully saturated rings. The van der Waals surface area contributed by atoms with Crippen molar-refractivity contribution in [1.82, 2.24) is 4.31 Å². The number of nitrogens with zero attached hydrogens (tertiary/aromatic N) is 1. The van der Waals surface area contributed by atoms with Gasteiger partial charge >= 0.3 is 0 Å². The summed E-state index contributed by atoms with van der Waals surface area (Å²) in [6.07, 6.45) is 2.78. The summed E-state index contributed by atoms with van der Waals surface area (Å²) >= 11 is 0. The summed E-state index contributed by atoms with van der Waals surface area (Å²) in [5.41, 5.74) is 1.81. The standard InChI is InChI=1S/C15H19NO3S/c1-11-3-2-4-12(7-11)9-16-10-15-6-5-13(19-15)8-14(15)20(16,17)18/h2-4,7,13-14H,5-6,8-10H2,1H3/t13-,14-,15-/m0/s1. The molecule has 2 bridgehead atoms. The first-order valence-electron chi connectivity index (χ1n) is 7.22. The molecule has 1 spiro atoms. The molecule has 0 aromatic heterocycles. The lowest BCUT2D eigenvalue weighted by Gasteiger charge is -2.21. The minimum atomic E-state index is -3.21. The number of ether oxygens (including phenoxy) is 1. The Morgan fingerprint density at radius 3 is 3.00 bits per heavy atom. The van der Waals surface area contributed by atoms with Gasteiger partial charge in [-0.3, -0.25) is 0 Å². The Labute approximate surface area is 119 Å². The summed E-state index contributed by atoms with van der Waals surface area (Å²) in [6, 6.07) is 8.06. The van der Waals surface area contributed by atoms with Crippen molar-refractivity contribution in [3.8, 4) is 0 Å². The van der Waals surface area contributed by atoms with Gasteiger partial charge in [0, 0.05) is 13.1 Å². The molecule has 3 heterocycles. The third-order valence-corrected chi connectivity index (χ3v) is 7.28. The second-order valence-corrected chi connectivity index (χ2v) is 8.49. The molecule has 0 amide bonds. The van der Waals surface area contributed by atoms with Crippen LogP contribution in [0.25, 0.3) is 0 Å². The van der Waals surface area contributed by atoms with Crippen molar-refractivity contribution < 1.29 is 13.2 Å². The quantitative estimate of drug-likeness (QED) is 0.836. The fraction of sp³-hybridized carbons (Fsp3) is 0.600. The maximum Gasteiger partial charge on any atom is 0.220 e. The first kappa shape index (κ1) is 12.8. The van der Waals surface area contributed by atoms with Crippen LogP contribution in [0.15, 0.2) is 24.3 Å². The largest absolute Gasteiger partial charge is 0.369 e. The zero-order valence-corrected chi connectivity index (χ0v) is 12.4. The Bertz CT molecular complexity index is 657. The fourth-order valence-corrected chi connectivity index (χ4v) is 6.39. The van der Waals surface area contributed by atoms with E-state index in [0.717, 1.165) is 24.0 Å². The van der Waals surface area contributed by atoms with E-state index in [2.05, 4.69) is 6.07 Å². The lowest BCUT2D eigenvalue weighted by atomic mass is 9.88. The average Bonchev–Trinajstić information content (AvgIpc) is 3.00. The molecule has 0 aliphatic carbocycles. The van der Waals surface area contributed by atoms with Gasteiger partial charge < -0.3 is 4.74 Å². The second kappa shape index (κ2) is 4.06. The van der Waals surface area contributed by atoms with Gasteiger partial charge in [-0.15, -0.1) is 0 Å². The van der Waals surface area contributed by atoms with E-state index in [-0.39, 0.29) is 11.4 Å². The van der Waals surface area contributed by atoms with Gasteiger partial charge in [0.15, 0.2) is 0 Å². The molecule has 108 valence electrons. The topological polar surface area (TPSA) is 46.6 Å². The second-order valence-electron chi connectivity index (χ2n) is 6.37. The molecule has 3 aliphatic rings. The highest BCUT2D eigenvalue weighted by Gasteiger charge is 2.65. The first-order chi connectivity index (χ1) is 9.49. The van der Waals surface area contributed by atoms with Crippen molar-refractivity contribution in [3.63, 3.8) is 0 Å². The smallest absolute Gasteiger partial charge is 0.220 e. The van der Waals surface area contributed by atoms with Crippen LogP contribution in [0.4, 0.5) is 0 Å². The minimum Gasteiger partial charge on any atom is -0.369 e. The number of sulfonamides is 1. The van der Waals surface area contributed by atoms with E-state index < -0.39 is 15.6 Å². The van der Waals surface area contributed by atoms with Gasteiger partial charge in [-0.2, -0.15) is 4.31 Å². The molecule has 5 heteroatoms. The average molecular weight is 293 g/mol. The summed E-state index contributed by atoms with van der Waals surface area (Å²) in [4.78, 5) is 0. The molecule has 20 heavy (non-hydrogen) atoms. The Morgan fingerprint density at radius 2 is 2.30 bits per heavy atom. The van der Waals surface area contributed by atoms with Gasteiger partial charge in [-0.05, 0) is 31.7 Å². The highest BCUT2D eigenvalue weighted by atomic mass is 32.2. The third kappa shape index (κ3) is 1.70.